The van der Waals surface area contributed by atoms with Crippen LogP contribution in [0.15, 0.2) is 18.2 Å². The quantitative estimate of drug-likeness (QED) is 0.908. The van der Waals surface area contributed by atoms with Gasteiger partial charge in [0, 0.05) is 25.4 Å². The highest BCUT2D eigenvalue weighted by molar-refractivity contribution is 6.04. The van der Waals surface area contributed by atoms with Gasteiger partial charge in [-0.15, -0.1) is 0 Å². The summed E-state index contributed by atoms with van der Waals surface area (Å²) in [6.07, 6.45) is 0.220. The molecule has 0 radical (unpaired) electrons. The van der Waals surface area contributed by atoms with Gasteiger partial charge in [0.25, 0.3) is 5.91 Å². The number of aromatic nitrogens is 2. The number of rotatable bonds is 4. The van der Waals surface area contributed by atoms with E-state index < -0.39 is 0 Å². The number of amides is 2. The lowest BCUT2D eigenvalue weighted by Crippen LogP contribution is -2.24. The number of aryl methyl sites for hydroxylation is 3. The van der Waals surface area contributed by atoms with Gasteiger partial charge in [-0.25, -0.2) is 0 Å². The smallest absolute Gasteiger partial charge is 0.255 e. The molecule has 0 spiro atoms. The molecule has 0 aliphatic heterocycles. The van der Waals surface area contributed by atoms with Crippen LogP contribution in [0.3, 0.4) is 0 Å². The third-order valence-electron chi connectivity index (χ3n) is 3.70. The van der Waals surface area contributed by atoms with Crippen molar-refractivity contribution in [3.63, 3.8) is 0 Å². The summed E-state index contributed by atoms with van der Waals surface area (Å²) < 4.78 is 0. The molecule has 1 heterocycles. The van der Waals surface area contributed by atoms with Crippen molar-refractivity contribution in [2.75, 3.05) is 19.4 Å². The maximum absolute atomic E-state index is 12.3. The predicted octanol–water partition coefficient (Wildman–Crippen LogP) is 2.22. The molecule has 0 aliphatic rings. The number of aromatic amines is 1. The Morgan fingerprint density at radius 3 is 2.48 bits per heavy atom. The summed E-state index contributed by atoms with van der Waals surface area (Å²) in [7, 11) is 3.38. The van der Waals surface area contributed by atoms with Crippen molar-refractivity contribution in [3.8, 4) is 0 Å². The topological polar surface area (TPSA) is 78.1 Å². The number of carbonyl (C=O) groups is 2. The van der Waals surface area contributed by atoms with E-state index in [2.05, 4.69) is 15.5 Å². The Bertz CT molecular complexity index is 728. The van der Waals surface area contributed by atoms with Gasteiger partial charge in [0.2, 0.25) is 5.91 Å². The molecule has 122 valence electrons. The number of nitrogens with one attached hydrogen (secondary N) is 2. The maximum Gasteiger partial charge on any atom is 0.255 e. The monoisotopic (exact) mass is 314 g/mol. The normalized spacial score (nSPS) is 10.5. The zero-order valence-corrected chi connectivity index (χ0v) is 14.2. The molecule has 2 aromatic rings. The standard InChI is InChI=1S/C17H22N4O2/c1-10-6-7-15(14(8-10)17(23)21(4)5)18-16(22)9-13-11(2)19-20-12(13)3/h6-8H,9H2,1-5H3,(H,18,22)(H,19,20). The van der Waals surface area contributed by atoms with Crippen LogP contribution in [0.1, 0.15) is 32.9 Å². The van der Waals surface area contributed by atoms with Crippen LogP contribution in [0.25, 0.3) is 0 Å². The Labute approximate surface area is 135 Å². The molecule has 1 aromatic carbocycles. The van der Waals surface area contributed by atoms with Gasteiger partial charge < -0.3 is 10.2 Å². The summed E-state index contributed by atoms with van der Waals surface area (Å²) in [4.78, 5) is 26.1. The van der Waals surface area contributed by atoms with Gasteiger partial charge in [0.05, 0.1) is 23.4 Å². The van der Waals surface area contributed by atoms with Crippen LogP contribution in [0.2, 0.25) is 0 Å². The van der Waals surface area contributed by atoms with Crippen LogP contribution in [0.5, 0.6) is 0 Å². The van der Waals surface area contributed by atoms with E-state index in [1.165, 1.54) is 4.90 Å². The molecule has 0 fully saturated rings. The van der Waals surface area contributed by atoms with Crippen molar-refractivity contribution < 1.29 is 9.59 Å². The summed E-state index contributed by atoms with van der Waals surface area (Å²) in [5, 5.41) is 9.80. The molecule has 23 heavy (non-hydrogen) atoms. The van der Waals surface area contributed by atoms with Crippen molar-refractivity contribution in [2.45, 2.75) is 27.2 Å². The first-order valence-electron chi connectivity index (χ1n) is 7.42. The number of hydrogen-bond donors (Lipinski definition) is 2. The summed E-state index contributed by atoms with van der Waals surface area (Å²) in [5.41, 5.74) is 4.56. The Morgan fingerprint density at radius 1 is 1.22 bits per heavy atom. The minimum absolute atomic E-state index is 0.139. The minimum atomic E-state index is -0.172. The molecular formula is C17H22N4O2. The molecule has 6 heteroatoms. The van der Waals surface area contributed by atoms with Crippen molar-refractivity contribution >= 4 is 17.5 Å². The lowest BCUT2D eigenvalue weighted by atomic mass is 10.1. The molecule has 1 aromatic heterocycles. The van der Waals surface area contributed by atoms with E-state index in [4.69, 9.17) is 0 Å². The molecule has 0 bridgehead atoms. The minimum Gasteiger partial charge on any atom is -0.345 e. The van der Waals surface area contributed by atoms with Gasteiger partial charge in [0.15, 0.2) is 0 Å². The summed E-state index contributed by atoms with van der Waals surface area (Å²) in [5.74, 6) is -0.311. The summed E-state index contributed by atoms with van der Waals surface area (Å²) in [6, 6.07) is 5.42. The Hall–Kier alpha value is -2.63. The highest BCUT2D eigenvalue weighted by Crippen LogP contribution is 2.20. The van der Waals surface area contributed by atoms with Crippen LogP contribution in [0.4, 0.5) is 5.69 Å². The number of carbonyl (C=O) groups excluding carboxylic acids is 2. The molecule has 0 atom stereocenters. The highest BCUT2D eigenvalue weighted by Gasteiger charge is 2.17. The van der Waals surface area contributed by atoms with E-state index in [0.29, 0.717) is 11.3 Å². The van der Waals surface area contributed by atoms with Crippen molar-refractivity contribution in [1.29, 1.82) is 0 Å². The largest absolute Gasteiger partial charge is 0.345 e. The number of hydrogen-bond acceptors (Lipinski definition) is 3. The molecule has 0 saturated heterocycles. The molecule has 2 amide bonds. The first-order valence-corrected chi connectivity index (χ1v) is 7.42. The van der Waals surface area contributed by atoms with Gasteiger partial charge in [-0.2, -0.15) is 5.10 Å². The van der Waals surface area contributed by atoms with E-state index in [0.717, 1.165) is 22.5 Å². The van der Waals surface area contributed by atoms with Gasteiger partial charge in [-0.1, -0.05) is 11.6 Å². The second-order valence-electron chi connectivity index (χ2n) is 5.89. The van der Waals surface area contributed by atoms with Crippen LogP contribution >= 0.6 is 0 Å². The molecular weight excluding hydrogens is 292 g/mol. The van der Waals surface area contributed by atoms with Crippen LogP contribution in [-0.2, 0) is 11.2 Å². The predicted molar refractivity (Wildman–Crippen MR) is 89.6 cm³/mol. The SMILES string of the molecule is Cc1ccc(NC(=O)Cc2c(C)n[nH]c2C)c(C(=O)N(C)C)c1. The fraction of sp³-hybridized carbons (Fsp3) is 0.353. The van der Waals surface area contributed by atoms with Crippen LogP contribution < -0.4 is 5.32 Å². The fourth-order valence-electron chi connectivity index (χ4n) is 2.37. The molecule has 6 nitrogen and oxygen atoms in total. The number of nitrogens with zero attached hydrogens (tertiary/aromatic N) is 2. The van der Waals surface area contributed by atoms with Crippen LogP contribution in [0, 0.1) is 20.8 Å². The van der Waals surface area contributed by atoms with E-state index in [1.807, 2.05) is 26.8 Å². The second kappa shape index (κ2) is 6.64. The summed E-state index contributed by atoms with van der Waals surface area (Å²) >= 11 is 0. The van der Waals surface area contributed by atoms with Crippen LogP contribution in [-0.4, -0.2) is 41.0 Å². The Balaban J connectivity index is 2.23. The molecule has 0 aliphatic carbocycles. The second-order valence-corrected chi connectivity index (χ2v) is 5.89. The lowest BCUT2D eigenvalue weighted by molar-refractivity contribution is -0.115. The number of H-pyrrole nitrogens is 1. The van der Waals surface area contributed by atoms with Gasteiger partial charge in [-0.3, -0.25) is 14.7 Å². The van der Waals surface area contributed by atoms with E-state index >= 15 is 0 Å². The Morgan fingerprint density at radius 2 is 1.91 bits per heavy atom. The van der Waals surface area contributed by atoms with E-state index in [1.54, 1.807) is 26.2 Å². The Kier molecular flexibility index (Phi) is 4.83. The summed E-state index contributed by atoms with van der Waals surface area (Å²) in [6.45, 7) is 5.66. The van der Waals surface area contributed by atoms with Gasteiger partial charge in [0.1, 0.15) is 0 Å². The van der Waals surface area contributed by atoms with Gasteiger partial charge in [-0.05, 0) is 32.9 Å². The van der Waals surface area contributed by atoms with Crippen molar-refractivity contribution in [2.24, 2.45) is 0 Å². The van der Waals surface area contributed by atoms with Crippen molar-refractivity contribution in [3.05, 3.63) is 46.3 Å². The lowest BCUT2D eigenvalue weighted by Gasteiger charge is -2.15. The average Bonchev–Trinajstić information content (AvgIpc) is 2.80. The first kappa shape index (κ1) is 16.7. The van der Waals surface area contributed by atoms with E-state index in [9.17, 15) is 9.59 Å². The zero-order chi connectivity index (χ0) is 17.1. The molecule has 0 saturated carbocycles. The maximum atomic E-state index is 12.3. The third-order valence-corrected chi connectivity index (χ3v) is 3.70. The third kappa shape index (κ3) is 3.77. The first-order chi connectivity index (χ1) is 10.8. The van der Waals surface area contributed by atoms with Crippen molar-refractivity contribution in [1.82, 2.24) is 15.1 Å². The number of benzene rings is 1. The molecule has 2 rings (SSSR count). The fourth-order valence-corrected chi connectivity index (χ4v) is 2.37. The highest BCUT2D eigenvalue weighted by atomic mass is 16.2. The molecule has 2 N–H and O–H groups in total. The van der Waals surface area contributed by atoms with E-state index in [-0.39, 0.29) is 18.2 Å². The number of anilines is 1. The zero-order valence-electron chi connectivity index (χ0n) is 14.2. The van der Waals surface area contributed by atoms with Gasteiger partial charge >= 0.3 is 0 Å². The molecule has 0 unspecified atom stereocenters. The average molecular weight is 314 g/mol.